The van der Waals surface area contributed by atoms with Crippen molar-refractivity contribution in [2.75, 3.05) is 39.8 Å². The monoisotopic (exact) mass is 363 g/mol. The second-order valence-electron chi connectivity index (χ2n) is 6.25. The van der Waals surface area contributed by atoms with Crippen molar-refractivity contribution in [3.63, 3.8) is 0 Å². The van der Waals surface area contributed by atoms with Crippen molar-refractivity contribution in [3.05, 3.63) is 44.8 Å². The standard InChI is InChI=1S/C18H25N3OS2/c1-20-8-10-21(11-9-20)16(17-5-3-13-24-17)14-19-18(22)7-6-15-4-2-12-23-15/h2-5,12-13,16H,6-11,14H2,1H3,(H,19,22). The normalized spacial score (nSPS) is 17.7. The molecule has 3 rings (SSSR count). The van der Waals surface area contributed by atoms with Gasteiger partial charge in [0.1, 0.15) is 0 Å². The molecule has 1 atom stereocenters. The minimum Gasteiger partial charge on any atom is -0.354 e. The van der Waals surface area contributed by atoms with Crippen molar-refractivity contribution in [2.24, 2.45) is 0 Å². The lowest BCUT2D eigenvalue weighted by atomic mass is 10.1. The molecule has 1 amide bonds. The Balaban J connectivity index is 1.53. The van der Waals surface area contributed by atoms with Crippen LogP contribution in [-0.2, 0) is 11.2 Å². The van der Waals surface area contributed by atoms with Crippen LogP contribution in [0.2, 0.25) is 0 Å². The van der Waals surface area contributed by atoms with Crippen LogP contribution in [0.15, 0.2) is 35.0 Å². The number of rotatable bonds is 7. The highest BCUT2D eigenvalue weighted by molar-refractivity contribution is 7.10. The molecule has 1 N–H and O–H groups in total. The number of hydrogen-bond donors (Lipinski definition) is 1. The van der Waals surface area contributed by atoms with Crippen LogP contribution < -0.4 is 5.32 Å². The third-order valence-corrected chi connectivity index (χ3v) is 6.43. The molecular formula is C18H25N3OS2. The molecule has 0 radical (unpaired) electrons. The second kappa shape index (κ2) is 8.76. The quantitative estimate of drug-likeness (QED) is 0.822. The van der Waals surface area contributed by atoms with Gasteiger partial charge in [0.2, 0.25) is 5.91 Å². The molecule has 0 saturated carbocycles. The van der Waals surface area contributed by atoms with E-state index in [-0.39, 0.29) is 5.91 Å². The number of hydrogen-bond acceptors (Lipinski definition) is 5. The fraction of sp³-hybridized carbons (Fsp3) is 0.500. The van der Waals surface area contributed by atoms with E-state index >= 15 is 0 Å². The summed E-state index contributed by atoms with van der Waals surface area (Å²) in [5, 5.41) is 7.34. The predicted molar refractivity (Wildman–Crippen MR) is 102 cm³/mol. The van der Waals surface area contributed by atoms with E-state index in [1.807, 2.05) is 6.07 Å². The number of carbonyl (C=O) groups is 1. The van der Waals surface area contributed by atoms with Crippen molar-refractivity contribution in [2.45, 2.75) is 18.9 Å². The van der Waals surface area contributed by atoms with Crippen LogP contribution >= 0.6 is 22.7 Å². The number of carbonyl (C=O) groups excluding carboxylic acids is 1. The summed E-state index contributed by atoms with van der Waals surface area (Å²) in [7, 11) is 2.17. The first kappa shape index (κ1) is 17.6. The SMILES string of the molecule is CN1CCN(C(CNC(=O)CCc2cccs2)c2cccs2)CC1. The lowest BCUT2D eigenvalue weighted by Crippen LogP contribution is -2.48. The smallest absolute Gasteiger partial charge is 0.220 e. The molecule has 1 aliphatic heterocycles. The van der Waals surface area contributed by atoms with Gasteiger partial charge in [0.05, 0.1) is 6.04 Å². The minimum absolute atomic E-state index is 0.152. The van der Waals surface area contributed by atoms with Gasteiger partial charge in [-0.25, -0.2) is 0 Å². The van der Waals surface area contributed by atoms with Crippen molar-refractivity contribution in [1.82, 2.24) is 15.1 Å². The molecule has 1 saturated heterocycles. The van der Waals surface area contributed by atoms with Gasteiger partial charge in [-0.05, 0) is 36.4 Å². The van der Waals surface area contributed by atoms with E-state index in [1.165, 1.54) is 9.75 Å². The van der Waals surface area contributed by atoms with E-state index in [9.17, 15) is 4.79 Å². The van der Waals surface area contributed by atoms with Gasteiger partial charge in [-0.15, -0.1) is 22.7 Å². The topological polar surface area (TPSA) is 35.6 Å². The molecule has 2 aromatic heterocycles. The van der Waals surface area contributed by atoms with E-state index in [1.54, 1.807) is 22.7 Å². The minimum atomic E-state index is 0.152. The molecular weight excluding hydrogens is 338 g/mol. The van der Waals surface area contributed by atoms with Gasteiger partial charge in [0, 0.05) is 48.9 Å². The average Bonchev–Trinajstić information content (AvgIpc) is 3.28. The molecule has 2 aromatic rings. The molecule has 130 valence electrons. The lowest BCUT2D eigenvalue weighted by Gasteiger charge is -2.37. The van der Waals surface area contributed by atoms with Gasteiger partial charge in [0.15, 0.2) is 0 Å². The molecule has 0 bridgehead atoms. The van der Waals surface area contributed by atoms with Crippen molar-refractivity contribution < 1.29 is 4.79 Å². The van der Waals surface area contributed by atoms with Gasteiger partial charge in [-0.3, -0.25) is 9.69 Å². The molecule has 1 unspecified atom stereocenters. The van der Waals surface area contributed by atoms with Gasteiger partial charge in [0.25, 0.3) is 0 Å². The Morgan fingerprint density at radius 3 is 2.58 bits per heavy atom. The van der Waals surface area contributed by atoms with Crippen molar-refractivity contribution >= 4 is 28.6 Å². The Morgan fingerprint density at radius 1 is 1.17 bits per heavy atom. The highest BCUT2D eigenvalue weighted by Gasteiger charge is 2.24. The number of thiophene rings is 2. The first-order valence-corrected chi connectivity index (χ1v) is 10.2. The number of likely N-dealkylation sites (N-methyl/N-ethyl adjacent to an activating group) is 1. The number of aryl methyl sites for hydroxylation is 1. The predicted octanol–water partition coefficient (Wildman–Crippen LogP) is 2.85. The maximum Gasteiger partial charge on any atom is 0.220 e. The highest BCUT2D eigenvalue weighted by Crippen LogP contribution is 2.25. The van der Waals surface area contributed by atoms with Crippen LogP contribution in [-0.4, -0.2) is 55.5 Å². The first-order chi connectivity index (χ1) is 11.7. The highest BCUT2D eigenvalue weighted by atomic mass is 32.1. The van der Waals surface area contributed by atoms with E-state index in [0.717, 1.165) is 32.6 Å². The van der Waals surface area contributed by atoms with Crippen LogP contribution in [0.4, 0.5) is 0 Å². The Labute approximate surface area is 152 Å². The molecule has 4 nitrogen and oxygen atoms in total. The third-order valence-electron chi connectivity index (χ3n) is 4.52. The molecule has 0 spiro atoms. The van der Waals surface area contributed by atoms with Crippen LogP contribution in [0.3, 0.4) is 0 Å². The van der Waals surface area contributed by atoms with Crippen molar-refractivity contribution in [1.29, 1.82) is 0 Å². The summed E-state index contributed by atoms with van der Waals surface area (Å²) >= 11 is 3.50. The number of nitrogens with one attached hydrogen (secondary N) is 1. The lowest BCUT2D eigenvalue weighted by molar-refractivity contribution is -0.121. The first-order valence-electron chi connectivity index (χ1n) is 8.47. The van der Waals surface area contributed by atoms with Gasteiger partial charge < -0.3 is 10.2 Å². The van der Waals surface area contributed by atoms with E-state index in [2.05, 4.69) is 51.1 Å². The van der Waals surface area contributed by atoms with Crippen molar-refractivity contribution in [3.8, 4) is 0 Å². The Kier molecular flexibility index (Phi) is 6.43. The fourth-order valence-electron chi connectivity index (χ4n) is 3.01. The molecule has 24 heavy (non-hydrogen) atoms. The summed E-state index contributed by atoms with van der Waals surface area (Å²) < 4.78 is 0. The Bertz CT molecular complexity index is 604. The van der Waals surface area contributed by atoms with E-state index in [4.69, 9.17) is 0 Å². The third kappa shape index (κ3) is 4.89. The van der Waals surface area contributed by atoms with Gasteiger partial charge in [-0.2, -0.15) is 0 Å². The zero-order chi connectivity index (χ0) is 16.8. The summed E-state index contributed by atoms with van der Waals surface area (Å²) in [6.45, 7) is 5.00. The van der Waals surface area contributed by atoms with Crippen LogP contribution in [0.25, 0.3) is 0 Å². The van der Waals surface area contributed by atoms with Crippen LogP contribution in [0.5, 0.6) is 0 Å². The van der Waals surface area contributed by atoms with Gasteiger partial charge in [-0.1, -0.05) is 12.1 Å². The Morgan fingerprint density at radius 2 is 1.92 bits per heavy atom. The average molecular weight is 364 g/mol. The fourth-order valence-corrected chi connectivity index (χ4v) is 4.58. The second-order valence-corrected chi connectivity index (χ2v) is 8.27. The largest absolute Gasteiger partial charge is 0.354 e. The van der Waals surface area contributed by atoms with Crippen LogP contribution in [0.1, 0.15) is 22.2 Å². The molecule has 1 aliphatic rings. The Hall–Kier alpha value is -1.21. The summed E-state index contributed by atoms with van der Waals surface area (Å²) in [5.41, 5.74) is 0. The van der Waals surface area contributed by atoms with E-state index < -0.39 is 0 Å². The zero-order valence-electron chi connectivity index (χ0n) is 14.1. The molecule has 1 fully saturated rings. The van der Waals surface area contributed by atoms with E-state index in [0.29, 0.717) is 19.0 Å². The summed E-state index contributed by atoms with van der Waals surface area (Å²) in [6, 6.07) is 8.71. The summed E-state index contributed by atoms with van der Waals surface area (Å²) in [6.07, 6.45) is 1.40. The maximum atomic E-state index is 12.2. The molecule has 3 heterocycles. The van der Waals surface area contributed by atoms with Crippen LogP contribution in [0, 0.1) is 0 Å². The maximum absolute atomic E-state index is 12.2. The number of nitrogens with zero attached hydrogens (tertiary/aromatic N) is 2. The number of piperazine rings is 1. The molecule has 6 heteroatoms. The number of amides is 1. The van der Waals surface area contributed by atoms with Gasteiger partial charge >= 0.3 is 0 Å². The molecule has 0 aliphatic carbocycles. The summed E-state index contributed by atoms with van der Waals surface area (Å²) in [5.74, 6) is 0.152. The zero-order valence-corrected chi connectivity index (χ0v) is 15.7. The summed E-state index contributed by atoms with van der Waals surface area (Å²) in [4.78, 5) is 19.7. The molecule has 0 aromatic carbocycles.